The number of hydrogen-bond donors (Lipinski definition) is 4. The molecule has 1 heterocycles. The smallest absolute Gasteiger partial charge is 0.408 e. The van der Waals surface area contributed by atoms with Crippen LogP contribution in [0.1, 0.15) is 38.2 Å². The summed E-state index contributed by atoms with van der Waals surface area (Å²) in [6.45, 7) is 8.67. The summed E-state index contributed by atoms with van der Waals surface area (Å²) in [4.78, 5) is 51.1. The predicted octanol–water partition coefficient (Wildman–Crippen LogP) is 3.06. The minimum Gasteiger partial charge on any atom is -0.465 e. The van der Waals surface area contributed by atoms with Crippen molar-refractivity contribution in [3.8, 4) is 0 Å². The van der Waals surface area contributed by atoms with Crippen LogP contribution in [-0.4, -0.2) is 78.7 Å². The Bertz CT molecular complexity index is 972. The normalized spacial score (nSPS) is 24.6. The molecular formula is C25H38N4O7Si. The van der Waals surface area contributed by atoms with Crippen LogP contribution in [0.5, 0.6) is 0 Å². The molecular weight excluding hydrogens is 496 g/mol. The second-order valence-electron chi connectivity index (χ2n) is 10.8. The van der Waals surface area contributed by atoms with Crippen molar-refractivity contribution in [1.82, 2.24) is 20.9 Å². The van der Waals surface area contributed by atoms with E-state index in [1.54, 1.807) is 4.90 Å². The monoisotopic (exact) mass is 534 g/mol. The van der Waals surface area contributed by atoms with Crippen LogP contribution < -0.4 is 16.0 Å². The quantitative estimate of drug-likeness (QED) is 0.375. The van der Waals surface area contributed by atoms with Gasteiger partial charge >= 0.3 is 18.3 Å². The summed E-state index contributed by atoms with van der Waals surface area (Å²) in [5.41, 5.74) is 0.624. The summed E-state index contributed by atoms with van der Waals surface area (Å²) in [5, 5.41) is 17.2. The molecule has 1 aliphatic heterocycles. The number of benzene rings is 1. The zero-order valence-electron chi connectivity index (χ0n) is 21.9. The fraction of sp³-hybridized carbons (Fsp3) is 0.600. The molecule has 4 amide bonds. The Labute approximate surface area is 218 Å². The highest BCUT2D eigenvalue weighted by molar-refractivity contribution is 6.77. The van der Waals surface area contributed by atoms with Gasteiger partial charge in [0.2, 0.25) is 5.91 Å². The summed E-state index contributed by atoms with van der Waals surface area (Å²) in [5.74, 6) is -0.248. The summed E-state index contributed by atoms with van der Waals surface area (Å²) < 4.78 is 10.9. The van der Waals surface area contributed by atoms with Crippen LogP contribution >= 0.6 is 0 Å². The van der Waals surface area contributed by atoms with Crippen LogP contribution in [-0.2, 0) is 20.9 Å². The molecule has 2 fully saturated rings. The third-order valence-electron chi connectivity index (χ3n) is 7.09. The number of likely N-dealkylation sites (tertiary alicyclic amines) is 1. The molecule has 0 radical (unpaired) electrons. The Kier molecular flexibility index (Phi) is 9.41. The third-order valence-corrected chi connectivity index (χ3v) is 9.65. The number of amides is 4. The number of rotatable bonds is 8. The van der Waals surface area contributed by atoms with E-state index in [0.717, 1.165) is 5.56 Å². The first kappa shape index (κ1) is 28.3. The zero-order valence-corrected chi connectivity index (χ0v) is 22.9. The lowest BCUT2D eigenvalue weighted by Gasteiger charge is -2.41. The molecule has 37 heavy (non-hydrogen) atoms. The van der Waals surface area contributed by atoms with Gasteiger partial charge in [0.1, 0.15) is 12.6 Å². The Hall–Kier alpha value is -3.28. The van der Waals surface area contributed by atoms with E-state index in [9.17, 15) is 19.2 Å². The van der Waals surface area contributed by atoms with Crippen LogP contribution in [0.4, 0.5) is 14.4 Å². The highest BCUT2D eigenvalue weighted by atomic mass is 28.3. The van der Waals surface area contributed by atoms with Crippen molar-refractivity contribution in [3.63, 3.8) is 0 Å². The molecule has 1 saturated heterocycles. The molecule has 1 aromatic rings. The van der Waals surface area contributed by atoms with Crippen molar-refractivity contribution in [2.24, 2.45) is 0 Å². The van der Waals surface area contributed by atoms with Crippen molar-refractivity contribution in [2.75, 3.05) is 6.54 Å². The Morgan fingerprint density at radius 2 is 1.76 bits per heavy atom. The van der Waals surface area contributed by atoms with E-state index in [2.05, 4.69) is 35.6 Å². The molecule has 4 N–H and O–H groups in total. The maximum absolute atomic E-state index is 13.2. The first-order valence-corrected chi connectivity index (χ1v) is 16.3. The Morgan fingerprint density at radius 1 is 1.05 bits per heavy atom. The van der Waals surface area contributed by atoms with E-state index in [-0.39, 0.29) is 30.3 Å². The lowest BCUT2D eigenvalue weighted by molar-refractivity contribution is -0.132. The number of alkyl carbamates (subject to hydrolysis) is 2. The van der Waals surface area contributed by atoms with Gasteiger partial charge in [0.05, 0.1) is 25.9 Å². The van der Waals surface area contributed by atoms with Gasteiger partial charge in [-0.3, -0.25) is 4.79 Å². The van der Waals surface area contributed by atoms with Crippen molar-refractivity contribution >= 4 is 32.3 Å². The molecule has 3 rings (SSSR count). The van der Waals surface area contributed by atoms with Gasteiger partial charge in [0.15, 0.2) is 0 Å². The Balaban J connectivity index is 1.61. The van der Waals surface area contributed by atoms with E-state index < -0.39 is 38.4 Å². The number of nitrogens with zero attached hydrogens (tertiary/aromatic N) is 1. The molecule has 1 aromatic carbocycles. The molecule has 11 nitrogen and oxygen atoms in total. The van der Waals surface area contributed by atoms with Gasteiger partial charge in [-0.05, 0) is 38.2 Å². The van der Waals surface area contributed by atoms with Crippen molar-refractivity contribution in [1.29, 1.82) is 0 Å². The number of carbonyl (C=O) groups is 4. The van der Waals surface area contributed by atoms with Gasteiger partial charge < -0.3 is 35.4 Å². The van der Waals surface area contributed by atoms with E-state index in [0.29, 0.717) is 32.2 Å². The lowest BCUT2D eigenvalue weighted by Crippen LogP contribution is -2.59. The Morgan fingerprint density at radius 3 is 2.41 bits per heavy atom. The largest absolute Gasteiger partial charge is 0.465 e. The highest BCUT2D eigenvalue weighted by Crippen LogP contribution is 2.28. The third kappa shape index (κ3) is 8.10. The lowest BCUT2D eigenvalue weighted by atomic mass is 9.85. The van der Waals surface area contributed by atoms with Crippen molar-refractivity contribution < 1.29 is 33.8 Å². The molecule has 1 saturated carbocycles. The highest BCUT2D eigenvalue weighted by Gasteiger charge is 2.43. The van der Waals surface area contributed by atoms with Crippen LogP contribution in [0.25, 0.3) is 0 Å². The average Bonchev–Trinajstić information content (AvgIpc) is 3.17. The number of ether oxygens (including phenoxy) is 2. The first-order chi connectivity index (χ1) is 17.4. The number of carbonyl (C=O) groups excluding carboxylic acids is 3. The predicted molar refractivity (Wildman–Crippen MR) is 139 cm³/mol. The molecule has 0 aromatic heterocycles. The maximum Gasteiger partial charge on any atom is 0.408 e. The van der Waals surface area contributed by atoms with E-state index >= 15 is 0 Å². The standard InChI is InChI=1S/C25H38N4O7Si/c1-16(37(2,3)4)36-25(34)28-20-14-18(26-23(31)32)10-11-21(20)29-13-12-19(22(29)30)27-24(33)35-15-17-8-6-5-7-9-17/h5-9,16,18-21,26H,10-15H2,1-4H3,(H,27,33)(H,28,34)(H,31,32)/t16?,18?,19?,20-,21+/m1/s1. The second-order valence-corrected chi connectivity index (χ2v) is 16.3. The zero-order chi connectivity index (χ0) is 27.2. The van der Waals surface area contributed by atoms with Crippen LogP contribution in [0, 0.1) is 0 Å². The van der Waals surface area contributed by atoms with Gasteiger partial charge in [0.25, 0.3) is 0 Å². The van der Waals surface area contributed by atoms with Gasteiger partial charge in [0, 0.05) is 12.6 Å². The molecule has 12 heteroatoms. The number of nitrogens with one attached hydrogen (secondary N) is 3. The molecule has 0 spiro atoms. The van der Waals surface area contributed by atoms with Gasteiger partial charge in [-0.2, -0.15) is 0 Å². The van der Waals surface area contributed by atoms with Gasteiger partial charge in [-0.1, -0.05) is 50.0 Å². The van der Waals surface area contributed by atoms with Crippen LogP contribution in [0.3, 0.4) is 0 Å². The van der Waals surface area contributed by atoms with Crippen molar-refractivity contribution in [3.05, 3.63) is 35.9 Å². The van der Waals surface area contributed by atoms with Gasteiger partial charge in [-0.25, -0.2) is 14.4 Å². The van der Waals surface area contributed by atoms with Gasteiger partial charge in [-0.15, -0.1) is 0 Å². The topological polar surface area (TPSA) is 146 Å². The molecule has 204 valence electrons. The van der Waals surface area contributed by atoms with Crippen molar-refractivity contribution in [2.45, 2.75) is 88.7 Å². The van der Waals surface area contributed by atoms with E-state index in [4.69, 9.17) is 14.6 Å². The maximum atomic E-state index is 13.2. The molecule has 3 unspecified atom stereocenters. The fourth-order valence-corrected chi connectivity index (χ4v) is 5.04. The minimum atomic E-state index is -1.72. The SMILES string of the molecule is CC(OC(=O)N[C@@H]1CC(NC(=O)O)CC[C@@H]1N1CCC(NC(=O)OCc2ccccc2)C1=O)[Si](C)(C)C. The molecule has 1 aliphatic carbocycles. The van der Waals surface area contributed by atoms with Crippen LogP contribution in [0.2, 0.25) is 19.6 Å². The van der Waals surface area contributed by atoms with E-state index in [1.807, 2.05) is 37.3 Å². The summed E-state index contributed by atoms with van der Waals surface area (Å²) in [6.07, 6.45) is -0.617. The second kappa shape index (κ2) is 12.3. The van der Waals surface area contributed by atoms with E-state index in [1.165, 1.54) is 0 Å². The minimum absolute atomic E-state index is 0.0990. The summed E-state index contributed by atoms with van der Waals surface area (Å²) in [7, 11) is -1.72. The average molecular weight is 535 g/mol. The molecule has 2 aliphatic rings. The molecule has 0 bridgehead atoms. The van der Waals surface area contributed by atoms with Crippen LogP contribution in [0.15, 0.2) is 30.3 Å². The fourth-order valence-electron chi connectivity index (χ4n) is 4.58. The number of hydrogen-bond acceptors (Lipinski definition) is 6. The first-order valence-electron chi connectivity index (χ1n) is 12.7. The number of carboxylic acid groups (broad SMARTS) is 1. The molecule has 5 atom stereocenters. The summed E-state index contributed by atoms with van der Waals surface area (Å²) >= 11 is 0. The summed E-state index contributed by atoms with van der Waals surface area (Å²) in [6, 6.07) is 7.33.